The molecule has 72 valence electrons. The summed E-state index contributed by atoms with van der Waals surface area (Å²) in [5.74, 6) is -1.06. The molecule has 0 amide bonds. The number of aliphatic hydroxyl groups is 3. The van der Waals surface area contributed by atoms with Crippen molar-refractivity contribution in [3.8, 4) is 0 Å². The predicted octanol–water partition coefficient (Wildman–Crippen LogP) is -1.75. The standard InChI is InChI=1S/C5H12NO5P/c6-4(9)5(12-10)11-2-3(8)1-7/h3-5,7-9H,1-2,6H2. The molecule has 3 atom stereocenters. The van der Waals surface area contributed by atoms with Crippen molar-refractivity contribution in [1.82, 2.24) is 0 Å². The van der Waals surface area contributed by atoms with Crippen molar-refractivity contribution in [2.24, 2.45) is 5.73 Å². The zero-order chi connectivity index (χ0) is 9.56. The minimum atomic E-state index is -1.37. The summed E-state index contributed by atoms with van der Waals surface area (Å²) in [4.78, 5) is 0. The first-order chi connectivity index (χ1) is 5.61. The molecular weight excluding hydrogens is 185 g/mol. The maximum Gasteiger partial charge on any atom is 0.191 e. The highest BCUT2D eigenvalue weighted by Gasteiger charge is 2.17. The fourth-order valence-corrected chi connectivity index (χ4v) is 0.725. The van der Waals surface area contributed by atoms with Gasteiger partial charge in [-0.3, -0.25) is 4.57 Å². The molecule has 0 fully saturated rings. The van der Waals surface area contributed by atoms with E-state index in [1.165, 1.54) is 0 Å². The highest BCUT2D eigenvalue weighted by atomic mass is 31.1. The maximum atomic E-state index is 10.2. The van der Waals surface area contributed by atoms with Gasteiger partial charge in [-0.25, -0.2) is 0 Å². The molecule has 0 heterocycles. The summed E-state index contributed by atoms with van der Waals surface area (Å²) < 4.78 is 14.9. The molecule has 0 saturated heterocycles. The molecule has 0 saturated carbocycles. The molecule has 0 radical (unpaired) electrons. The second-order valence-corrected chi connectivity index (χ2v) is 2.88. The summed E-state index contributed by atoms with van der Waals surface area (Å²) in [6, 6.07) is 0. The third kappa shape index (κ3) is 4.71. The molecule has 0 aliphatic heterocycles. The van der Waals surface area contributed by atoms with Crippen LogP contribution in [-0.4, -0.2) is 46.7 Å². The van der Waals surface area contributed by atoms with Gasteiger partial charge >= 0.3 is 0 Å². The average Bonchev–Trinajstić information content (AvgIpc) is 2.04. The maximum absolute atomic E-state index is 10.2. The van der Waals surface area contributed by atoms with Gasteiger partial charge in [0.2, 0.25) is 0 Å². The normalized spacial score (nSPS) is 19.0. The largest absolute Gasteiger partial charge is 0.394 e. The average molecular weight is 197 g/mol. The lowest BCUT2D eigenvalue weighted by Crippen LogP contribution is -2.34. The van der Waals surface area contributed by atoms with Gasteiger partial charge in [0.1, 0.15) is 12.3 Å². The summed E-state index contributed by atoms with van der Waals surface area (Å²) in [6.45, 7) is -0.673. The van der Waals surface area contributed by atoms with Crippen LogP contribution < -0.4 is 5.73 Å². The first-order valence-electron chi connectivity index (χ1n) is 3.28. The molecule has 0 aromatic heterocycles. The van der Waals surface area contributed by atoms with E-state index in [0.29, 0.717) is 0 Å². The Hall–Kier alpha value is -0.100. The van der Waals surface area contributed by atoms with E-state index in [1.807, 2.05) is 0 Å². The first kappa shape index (κ1) is 11.9. The van der Waals surface area contributed by atoms with Crippen LogP contribution in [0.3, 0.4) is 0 Å². The van der Waals surface area contributed by atoms with Crippen LogP contribution in [0.25, 0.3) is 0 Å². The van der Waals surface area contributed by atoms with Gasteiger partial charge < -0.3 is 25.8 Å². The molecule has 0 aliphatic carbocycles. The molecule has 12 heavy (non-hydrogen) atoms. The lowest BCUT2D eigenvalue weighted by molar-refractivity contribution is -0.0390. The van der Waals surface area contributed by atoms with Crippen LogP contribution in [0.1, 0.15) is 0 Å². The monoisotopic (exact) mass is 197 g/mol. The van der Waals surface area contributed by atoms with Crippen molar-refractivity contribution in [1.29, 1.82) is 0 Å². The second kappa shape index (κ2) is 6.42. The highest BCUT2D eigenvalue weighted by Crippen LogP contribution is 2.10. The van der Waals surface area contributed by atoms with Gasteiger partial charge in [-0.2, -0.15) is 0 Å². The minimum absolute atomic E-state index is 0.218. The molecular formula is C5H12NO5P. The van der Waals surface area contributed by atoms with Crippen LogP contribution in [-0.2, 0) is 9.30 Å². The van der Waals surface area contributed by atoms with Gasteiger partial charge in [0.15, 0.2) is 14.3 Å². The molecule has 6 nitrogen and oxygen atoms in total. The Morgan fingerprint density at radius 3 is 2.42 bits per heavy atom. The van der Waals surface area contributed by atoms with E-state index in [9.17, 15) is 4.57 Å². The van der Waals surface area contributed by atoms with Crippen LogP contribution >= 0.6 is 8.46 Å². The number of hydrogen-bond donors (Lipinski definition) is 4. The summed E-state index contributed by atoms with van der Waals surface area (Å²) >= 11 is 0. The second-order valence-electron chi connectivity index (χ2n) is 2.16. The van der Waals surface area contributed by atoms with Crippen molar-refractivity contribution >= 4 is 8.46 Å². The summed E-state index contributed by atoms with van der Waals surface area (Å²) in [6.07, 6.45) is -2.41. The van der Waals surface area contributed by atoms with Gasteiger partial charge in [0.25, 0.3) is 0 Å². The zero-order valence-electron chi connectivity index (χ0n) is 6.33. The summed E-state index contributed by atoms with van der Waals surface area (Å²) in [5, 5.41) is 25.8. The summed E-state index contributed by atoms with van der Waals surface area (Å²) in [5.41, 5.74) is 4.95. The van der Waals surface area contributed by atoms with E-state index in [1.54, 1.807) is 0 Å². The third-order valence-electron chi connectivity index (χ3n) is 1.07. The molecule has 7 heteroatoms. The van der Waals surface area contributed by atoms with Crippen LogP contribution in [0.2, 0.25) is 0 Å². The van der Waals surface area contributed by atoms with Crippen LogP contribution in [0.5, 0.6) is 0 Å². The SMILES string of the molecule is NC(O)C(OCC(O)CO)P=O. The molecule has 0 aromatic carbocycles. The topological polar surface area (TPSA) is 113 Å². The van der Waals surface area contributed by atoms with Crippen LogP contribution in [0, 0.1) is 0 Å². The number of aliphatic hydroxyl groups excluding tert-OH is 3. The van der Waals surface area contributed by atoms with E-state index in [-0.39, 0.29) is 6.61 Å². The molecule has 0 bridgehead atoms. The van der Waals surface area contributed by atoms with Gasteiger partial charge in [-0.15, -0.1) is 0 Å². The Kier molecular flexibility index (Phi) is 6.37. The number of hydrogen-bond acceptors (Lipinski definition) is 6. The fraction of sp³-hybridized carbons (Fsp3) is 1.00. The Morgan fingerprint density at radius 2 is 2.08 bits per heavy atom. The quantitative estimate of drug-likeness (QED) is 0.296. The number of ether oxygens (including phenoxy) is 1. The predicted molar refractivity (Wildman–Crippen MR) is 40.6 cm³/mol. The molecule has 0 rings (SSSR count). The lowest BCUT2D eigenvalue weighted by atomic mass is 10.4. The number of nitrogens with two attached hydrogens (primary N) is 1. The Morgan fingerprint density at radius 1 is 1.50 bits per heavy atom. The Labute approximate surface area is 71.2 Å². The first-order valence-corrected chi connectivity index (χ1v) is 4.16. The Bertz CT molecular complexity index is 133. The van der Waals surface area contributed by atoms with Gasteiger partial charge in [-0.05, 0) is 0 Å². The van der Waals surface area contributed by atoms with E-state index >= 15 is 0 Å². The highest BCUT2D eigenvalue weighted by molar-refractivity contribution is 7.24. The smallest absolute Gasteiger partial charge is 0.191 e. The van der Waals surface area contributed by atoms with Gasteiger partial charge in [0, 0.05) is 0 Å². The third-order valence-corrected chi connectivity index (χ3v) is 1.73. The van der Waals surface area contributed by atoms with Gasteiger partial charge in [-0.1, -0.05) is 0 Å². The summed E-state index contributed by atoms with van der Waals surface area (Å²) in [7, 11) is -0.460. The molecule has 5 N–H and O–H groups in total. The van der Waals surface area contributed by atoms with Gasteiger partial charge in [0.05, 0.1) is 13.2 Å². The molecule has 0 aliphatic rings. The van der Waals surface area contributed by atoms with E-state index in [0.717, 1.165) is 0 Å². The van der Waals surface area contributed by atoms with Crippen molar-refractivity contribution < 1.29 is 24.6 Å². The van der Waals surface area contributed by atoms with Crippen LogP contribution in [0.15, 0.2) is 0 Å². The zero-order valence-corrected chi connectivity index (χ0v) is 7.22. The molecule has 0 spiro atoms. The van der Waals surface area contributed by atoms with Crippen LogP contribution in [0.4, 0.5) is 0 Å². The molecule has 3 unspecified atom stereocenters. The van der Waals surface area contributed by atoms with Crippen molar-refractivity contribution in [3.63, 3.8) is 0 Å². The van der Waals surface area contributed by atoms with Crippen molar-refractivity contribution in [2.75, 3.05) is 13.2 Å². The Balaban J connectivity index is 3.65. The fourth-order valence-electron chi connectivity index (χ4n) is 0.454. The molecule has 0 aromatic rings. The lowest BCUT2D eigenvalue weighted by Gasteiger charge is -2.14. The van der Waals surface area contributed by atoms with Crippen molar-refractivity contribution in [3.05, 3.63) is 0 Å². The van der Waals surface area contributed by atoms with E-state index in [2.05, 4.69) is 0 Å². The minimum Gasteiger partial charge on any atom is -0.394 e. The van der Waals surface area contributed by atoms with Crippen molar-refractivity contribution in [2.45, 2.75) is 18.2 Å². The van der Waals surface area contributed by atoms with E-state index in [4.69, 9.17) is 25.8 Å². The number of rotatable bonds is 6. The van der Waals surface area contributed by atoms with E-state index < -0.39 is 33.2 Å².